The SMILES string of the molecule is [NH3+][C@@H]1CCOc2ccc(F)cc21. The van der Waals surface area contributed by atoms with E-state index in [1.807, 2.05) is 0 Å². The zero-order valence-electron chi connectivity index (χ0n) is 6.72. The van der Waals surface area contributed by atoms with E-state index in [0.29, 0.717) is 6.61 Å². The number of rotatable bonds is 0. The first kappa shape index (κ1) is 7.55. The Hall–Kier alpha value is -1.09. The molecule has 0 aliphatic carbocycles. The van der Waals surface area contributed by atoms with E-state index in [-0.39, 0.29) is 11.9 Å². The molecule has 0 aromatic heterocycles. The highest BCUT2D eigenvalue weighted by atomic mass is 19.1. The third kappa shape index (κ3) is 1.16. The summed E-state index contributed by atoms with van der Waals surface area (Å²) >= 11 is 0. The lowest BCUT2D eigenvalue weighted by Crippen LogP contribution is -2.55. The van der Waals surface area contributed by atoms with Gasteiger partial charge in [0, 0.05) is 6.42 Å². The molecule has 0 fully saturated rings. The smallest absolute Gasteiger partial charge is 0.128 e. The molecule has 1 heterocycles. The molecule has 3 N–H and O–H groups in total. The monoisotopic (exact) mass is 168 g/mol. The van der Waals surface area contributed by atoms with Crippen LogP contribution in [-0.4, -0.2) is 6.61 Å². The van der Waals surface area contributed by atoms with Gasteiger partial charge in [-0.2, -0.15) is 0 Å². The molecule has 0 amide bonds. The number of benzene rings is 1. The summed E-state index contributed by atoms with van der Waals surface area (Å²) in [5.41, 5.74) is 4.82. The molecule has 0 spiro atoms. The van der Waals surface area contributed by atoms with Crippen LogP contribution in [0.3, 0.4) is 0 Å². The molecule has 1 aromatic rings. The fraction of sp³-hybridized carbons (Fsp3) is 0.333. The molecular formula is C9H11FNO+. The predicted molar refractivity (Wildman–Crippen MR) is 42.1 cm³/mol. The van der Waals surface area contributed by atoms with Crippen LogP contribution in [0, 0.1) is 5.82 Å². The summed E-state index contributed by atoms with van der Waals surface area (Å²) < 4.78 is 18.1. The Labute approximate surface area is 70.1 Å². The highest BCUT2D eigenvalue weighted by molar-refractivity contribution is 5.36. The van der Waals surface area contributed by atoms with E-state index in [1.54, 1.807) is 6.07 Å². The Bertz CT molecular complexity index is 301. The van der Waals surface area contributed by atoms with Crippen LogP contribution < -0.4 is 10.5 Å². The number of quaternary nitrogens is 1. The molecule has 0 radical (unpaired) electrons. The lowest BCUT2D eigenvalue weighted by atomic mass is 10.0. The number of ether oxygens (including phenoxy) is 1. The standard InChI is InChI=1S/C9H10FNO/c10-6-1-2-9-7(5-6)8(11)3-4-12-9/h1-2,5,8H,3-4,11H2/p+1/t8-/m1/s1. The fourth-order valence-corrected chi connectivity index (χ4v) is 1.44. The zero-order chi connectivity index (χ0) is 8.55. The summed E-state index contributed by atoms with van der Waals surface area (Å²) in [6.07, 6.45) is 0.871. The third-order valence-electron chi connectivity index (χ3n) is 2.14. The fourth-order valence-electron chi connectivity index (χ4n) is 1.44. The van der Waals surface area contributed by atoms with Crippen LogP contribution in [0.1, 0.15) is 18.0 Å². The summed E-state index contributed by atoms with van der Waals surface area (Å²) in [4.78, 5) is 0. The van der Waals surface area contributed by atoms with E-state index in [2.05, 4.69) is 5.73 Å². The number of halogens is 1. The number of hydrogen-bond donors (Lipinski definition) is 1. The van der Waals surface area contributed by atoms with Crippen molar-refractivity contribution >= 4 is 0 Å². The average Bonchev–Trinajstić information content (AvgIpc) is 2.07. The maximum Gasteiger partial charge on any atom is 0.128 e. The quantitative estimate of drug-likeness (QED) is 0.613. The summed E-state index contributed by atoms with van der Waals surface area (Å²) in [5, 5.41) is 0. The van der Waals surface area contributed by atoms with Gasteiger partial charge in [-0.25, -0.2) is 4.39 Å². The van der Waals surface area contributed by atoms with Crippen molar-refractivity contribution < 1.29 is 14.9 Å². The molecule has 0 saturated carbocycles. The molecule has 1 aliphatic rings. The van der Waals surface area contributed by atoms with Crippen molar-refractivity contribution in [1.29, 1.82) is 0 Å². The first-order valence-electron chi connectivity index (χ1n) is 4.02. The van der Waals surface area contributed by atoms with Gasteiger partial charge in [0.1, 0.15) is 17.6 Å². The van der Waals surface area contributed by atoms with Gasteiger partial charge in [0.05, 0.1) is 12.2 Å². The van der Waals surface area contributed by atoms with Crippen LogP contribution in [0.2, 0.25) is 0 Å². The molecule has 1 aromatic carbocycles. The van der Waals surface area contributed by atoms with Crippen molar-refractivity contribution in [2.45, 2.75) is 12.5 Å². The molecular weight excluding hydrogens is 157 g/mol. The Balaban J connectivity index is 2.47. The van der Waals surface area contributed by atoms with Gasteiger partial charge < -0.3 is 10.5 Å². The zero-order valence-corrected chi connectivity index (χ0v) is 6.72. The molecule has 1 atom stereocenters. The molecule has 0 saturated heterocycles. The van der Waals surface area contributed by atoms with Gasteiger partial charge in [0.25, 0.3) is 0 Å². The summed E-state index contributed by atoms with van der Waals surface area (Å²) in [7, 11) is 0. The van der Waals surface area contributed by atoms with Gasteiger partial charge in [0.2, 0.25) is 0 Å². The van der Waals surface area contributed by atoms with Crippen molar-refractivity contribution in [3.8, 4) is 5.75 Å². The van der Waals surface area contributed by atoms with Crippen molar-refractivity contribution in [2.75, 3.05) is 6.61 Å². The van der Waals surface area contributed by atoms with Crippen molar-refractivity contribution in [3.05, 3.63) is 29.6 Å². The normalized spacial score (nSPS) is 21.3. The highest BCUT2D eigenvalue weighted by Crippen LogP contribution is 2.29. The van der Waals surface area contributed by atoms with Gasteiger partial charge in [-0.1, -0.05) is 0 Å². The van der Waals surface area contributed by atoms with Gasteiger partial charge >= 0.3 is 0 Å². The van der Waals surface area contributed by atoms with E-state index in [9.17, 15) is 4.39 Å². The van der Waals surface area contributed by atoms with Crippen molar-refractivity contribution in [2.24, 2.45) is 0 Å². The first-order chi connectivity index (χ1) is 5.77. The lowest BCUT2D eigenvalue weighted by Gasteiger charge is -2.20. The van der Waals surface area contributed by atoms with Crippen LogP contribution in [0.25, 0.3) is 0 Å². The summed E-state index contributed by atoms with van der Waals surface area (Å²) in [6, 6.07) is 4.76. The Morgan fingerprint density at radius 1 is 1.50 bits per heavy atom. The Kier molecular flexibility index (Phi) is 1.73. The lowest BCUT2D eigenvalue weighted by molar-refractivity contribution is -0.430. The van der Waals surface area contributed by atoms with E-state index in [4.69, 9.17) is 4.74 Å². The van der Waals surface area contributed by atoms with Gasteiger partial charge in [-0.05, 0) is 18.2 Å². The highest BCUT2D eigenvalue weighted by Gasteiger charge is 2.20. The van der Waals surface area contributed by atoms with Gasteiger partial charge in [-0.15, -0.1) is 0 Å². The van der Waals surface area contributed by atoms with Crippen LogP contribution in [-0.2, 0) is 0 Å². The molecule has 1 aliphatic heterocycles. The minimum atomic E-state index is -0.215. The van der Waals surface area contributed by atoms with Gasteiger partial charge in [0.15, 0.2) is 0 Å². The van der Waals surface area contributed by atoms with Crippen LogP contribution in [0.15, 0.2) is 18.2 Å². The molecule has 0 unspecified atom stereocenters. The second-order valence-corrected chi connectivity index (χ2v) is 3.02. The molecule has 0 bridgehead atoms. The second-order valence-electron chi connectivity index (χ2n) is 3.02. The number of hydrogen-bond acceptors (Lipinski definition) is 1. The molecule has 64 valence electrons. The Morgan fingerprint density at radius 3 is 3.17 bits per heavy atom. The number of fused-ring (bicyclic) bond motifs is 1. The molecule has 2 nitrogen and oxygen atoms in total. The topological polar surface area (TPSA) is 36.9 Å². The van der Waals surface area contributed by atoms with Crippen LogP contribution in [0.4, 0.5) is 4.39 Å². The predicted octanol–water partition coefficient (Wildman–Crippen LogP) is 0.891. The van der Waals surface area contributed by atoms with E-state index in [0.717, 1.165) is 17.7 Å². The first-order valence-corrected chi connectivity index (χ1v) is 4.02. The van der Waals surface area contributed by atoms with E-state index in [1.165, 1.54) is 12.1 Å². The minimum absolute atomic E-state index is 0.171. The average molecular weight is 168 g/mol. The molecule has 12 heavy (non-hydrogen) atoms. The van der Waals surface area contributed by atoms with E-state index < -0.39 is 0 Å². The largest absolute Gasteiger partial charge is 0.493 e. The Morgan fingerprint density at radius 2 is 2.33 bits per heavy atom. The van der Waals surface area contributed by atoms with E-state index >= 15 is 0 Å². The molecule has 2 rings (SSSR count). The van der Waals surface area contributed by atoms with Crippen LogP contribution >= 0.6 is 0 Å². The maximum atomic E-state index is 12.8. The molecule has 3 heteroatoms. The van der Waals surface area contributed by atoms with Crippen molar-refractivity contribution in [1.82, 2.24) is 0 Å². The summed E-state index contributed by atoms with van der Waals surface area (Å²) in [5.74, 6) is 0.565. The third-order valence-corrected chi connectivity index (χ3v) is 2.14. The van der Waals surface area contributed by atoms with Crippen LogP contribution in [0.5, 0.6) is 5.75 Å². The summed E-state index contributed by atoms with van der Waals surface area (Å²) in [6.45, 7) is 0.687. The van der Waals surface area contributed by atoms with Gasteiger partial charge in [-0.3, -0.25) is 0 Å². The second kappa shape index (κ2) is 2.75. The van der Waals surface area contributed by atoms with Crippen molar-refractivity contribution in [3.63, 3.8) is 0 Å². The maximum absolute atomic E-state index is 12.8. The minimum Gasteiger partial charge on any atom is -0.493 e.